The lowest BCUT2D eigenvalue weighted by Gasteiger charge is -2.18. The van der Waals surface area contributed by atoms with Crippen LogP contribution in [0.3, 0.4) is 0 Å². The van der Waals surface area contributed by atoms with Crippen molar-refractivity contribution in [1.82, 2.24) is 19.5 Å². The van der Waals surface area contributed by atoms with E-state index in [9.17, 15) is 34.8 Å². The van der Waals surface area contributed by atoms with Crippen molar-refractivity contribution in [3.63, 3.8) is 0 Å². The van der Waals surface area contributed by atoms with Gasteiger partial charge in [0.25, 0.3) is 0 Å². The van der Waals surface area contributed by atoms with Crippen LogP contribution in [0.2, 0.25) is 5.02 Å². The molecule has 2 aromatic carbocycles. The van der Waals surface area contributed by atoms with E-state index in [4.69, 9.17) is 11.6 Å². The first-order valence-corrected chi connectivity index (χ1v) is 14.6. The van der Waals surface area contributed by atoms with E-state index < -0.39 is 48.7 Å². The number of hydrogen-bond donors (Lipinski definition) is 2. The van der Waals surface area contributed by atoms with Gasteiger partial charge < -0.3 is 10.6 Å². The summed E-state index contributed by atoms with van der Waals surface area (Å²) in [7, 11) is -8.55. The average molecular weight is 604 g/mol. The zero-order valence-electron chi connectivity index (χ0n) is 19.8. The number of fused-ring (bicyclic) bond motifs is 1. The number of carbonyl (C=O) groups is 1. The molecule has 0 bridgehead atoms. The van der Waals surface area contributed by atoms with Crippen LogP contribution in [-0.4, -0.2) is 54.9 Å². The smallest absolute Gasteiger partial charge is 0.308 e. The van der Waals surface area contributed by atoms with E-state index in [1.54, 1.807) is 0 Å². The second-order valence-electron chi connectivity index (χ2n) is 8.03. The Morgan fingerprint density at radius 1 is 0.923 bits per heavy atom. The lowest BCUT2D eigenvalue weighted by molar-refractivity contribution is -0.137. The second kappa shape index (κ2) is 9.97. The number of rotatable bonds is 6. The number of aromatic nitrogens is 4. The van der Waals surface area contributed by atoms with Crippen molar-refractivity contribution in [2.45, 2.75) is 6.18 Å². The summed E-state index contributed by atoms with van der Waals surface area (Å²) in [5, 5.41) is 4.26. The number of urea groups is 1. The van der Waals surface area contributed by atoms with E-state index in [1.807, 2.05) is 0 Å². The third-order valence-corrected chi connectivity index (χ3v) is 8.53. The van der Waals surface area contributed by atoms with Crippen LogP contribution < -0.4 is 14.3 Å². The highest BCUT2D eigenvalue weighted by Crippen LogP contribution is 2.36. The van der Waals surface area contributed by atoms with E-state index in [1.165, 1.54) is 41.2 Å². The van der Waals surface area contributed by atoms with Crippen LogP contribution in [0.1, 0.15) is 5.56 Å². The molecule has 206 valence electrons. The molecule has 39 heavy (non-hydrogen) atoms. The fraction of sp³-hybridized carbons (Fsp3) is 0.143. The molecule has 18 heteroatoms. The van der Waals surface area contributed by atoms with E-state index in [2.05, 4.69) is 25.6 Å². The molecule has 0 saturated carbocycles. The maximum Gasteiger partial charge on any atom is 0.417 e. The highest BCUT2D eigenvalue weighted by molar-refractivity contribution is 8.09. The molecular weight excluding hydrogens is 587 g/mol. The van der Waals surface area contributed by atoms with Crippen molar-refractivity contribution in [3.8, 4) is 5.69 Å². The van der Waals surface area contributed by atoms with Crippen LogP contribution in [0.5, 0.6) is 0 Å². The summed E-state index contributed by atoms with van der Waals surface area (Å²) in [5.74, 6) is -0.449. The Kier molecular flexibility index (Phi) is 7.18. The second-order valence-corrected chi connectivity index (χ2v) is 12.3. The quantitative estimate of drug-likeness (QED) is 0.336. The van der Waals surface area contributed by atoms with Gasteiger partial charge in [0.05, 0.1) is 23.1 Å². The Morgan fingerprint density at radius 3 is 2.10 bits per heavy atom. The fourth-order valence-electron chi connectivity index (χ4n) is 3.52. The first-order chi connectivity index (χ1) is 18.1. The van der Waals surface area contributed by atoms with E-state index in [0.717, 1.165) is 12.4 Å². The van der Waals surface area contributed by atoms with Crippen LogP contribution in [-0.2, 0) is 26.2 Å². The van der Waals surface area contributed by atoms with Gasteiger partial charge in [-0.1, -0.05) is 11.6 Å². The van der Waals surface area contributed by atoms with E-state index in [-0.39, 0.29) is 26.2 Å². The molecule has 0 radical (unpaired) electrons. The monoisotopic (exact) mass is 603 g/mol. The Balaban J connectivity index is 1.57. The number of amides is 2. The van der Waals surface area contributed by atoms with Gasteiger partial charge in [0.1, 0.15) is 12.7 Å². The van der Waals surface area contributed by atoms with Gasteiger partial charge >= 0.3 is 12.2 Å². The maximum atomic E-state index is 13.0. The van der Waals surface area contributed by atoms with Gasteiger partial charge in [0, 0.05) is 17.1 Å². The normalized spacial score (nSPS) is 12.4. The predicted molar refractivity (Wildman–Crippen MR) is 138 cm³/mol. The number of hydrogen-bond acceptors (Lipinski definition) is 8. The van der Waals surface area contributed by atoms with Gasteiger partial charge in [0.15, 0.2) is 17.0 Å². The number of imidazole rings is 1. The summed E-state index contributed by atoms with van der Waals surface area (Å²) in [6, 6.07) is 8.15. The molecule has 2 aromatic heterocycles. The summed E-state index contributed by atoms with van der Waals surface area (Å²) < 4.78 is 89.4. The lowest BCUT2D eigenvalue weighted by atomic mass is 10.2. The highest BCUT2D eigenvalue weighted by atomic mass is 35.5. The zero-order chi connectivity index (χ0) is 28.8. The summed E-state index contributed by atoms with van der Waals surface area (Å²) in [4.78, 5) is 24.3. The standard InChI is InChI=1S/C21H17ClF3N7O5S2/c1-38(34,35)32(39(2,36)37)19-17-18(26-10-27-19)31(11-28-17)14-6-3-12(4-7-14)29-20(33)30-13-5-8-16(22)15(9-13)21(23,24)25/h3-11H,1-2H3,(H2,29,30,33). The van der Waals surface area contributed by atoms with Crippen LogP contribution in [0.15, 0.2) is 55.1 Å². The number of nitrogens with one attached hydrogen (secondary N) is 2. The minimum Gasteiger partial charge on any atom is -0.308 e. The number of benzene rings is 2. The molecule has 2 N–H and O–H groups in total. The van der Waals surface area contributed by atoms with Crippen molar-refractivity contribution in [3.05, 3.63) is 65.7 Å². The first kappa shape index (κ1) is 28.1. The third kappa shape index (κ3) is 6.04. The van der Waals surface area contributed by atoms with Crippen molar-refractivity contribution >= 4 is 66.0 Å². The first-order valence-electron chi connectivity index (χ1n) is 10.5. The molecule has 4 aromatic rings. The van der Waals surface area contributed by atoms with Crippen molar-refractivity contribution in [1.29, 1.82) is 0 Å². The zero-order valence-corrected chi connectivity index (χ0v) is 22.2. The number of nitrogens with zero attached hydrogens (tertiary/aromatic N) is 5. The summed E-state index contributed by atoms with van der Waals surface area (Å²) >= 11 is 5.59. The molecule has 0 atom stereocenters. The Bertz CT molecular complexity index is 1760. The SMILES string of the molecule is CS(=O)(=O)N(c1ncnc2c1ncn2-c1ccc(NC(=O)Nc2ccc(Cl)c(C(F)(F)F)c2)cc1)S(C)(=O)=O. The van der Waals surface area contributed by atoms with Gasteiger partial charge in [-0.3, -0.25) is 4.57 Å². The Labute approximate surface area is 224 Å². The maximum absolute atomic E-state index is 13.0. The number of alkyl halides is 3. The Hall–Kier alpha value is -3.96. The average Bonchev–Trinajstić information content (AvgIpc) is 3.23. The minimum atomic E-state index is -4.70. The largest absolute Gasteiger partial charge is 0.417 e. The third-order valence-electron chi connectivity index (χ3n) is 5.02. The minimum absolute atomic E-state index is 0.0963. The predicted octanol–water partition coefficient (Wildman–Crippen LogP) is 3.86. The topological polar surface area (TPSA) is 156 Å². The van der Waals surface area contributed by atoms with Crippen molar-refractivity contribution < 1.29 is 34.8 Å². The summed E-state index contributed by atoms with van der Waals surface area (Å²) in [5.41, 5.74) is -0.497. The lowest BCUT2D eigenvalue weighted by Crippen LogP contribution is -2.36. The van der Waals surface area contributed by atoms with Crippen molar-refractivity contribution in [2.24, 2.45) is 0 Å². The van der Waals surface area contributed by atoms with Crippen LogP contribution in [0, 0.1) is 0 Å². The van der Waals surface area contributed by atoms with Crippen LogP contribution in [0.25, 0.3) is 16.9 Å². The molecule has 0 spiro atoms. The molecule has 0 saturated heterocycles. The number of anilines is 3. The van der Waals surface area contributed by atoms with Gasteiger partial charge in [-0.15, -0.1) is 3.71 Å². The summed E-state index contributed by atoms with van der Waals surface area (Å²) in [6.07, 6.45) is -1.01. The summed E-state index contributed by atoms with van der Waals surface area (Å²) in [6.45, 7) is 0. The van der Waals surface area contributed by atoms with Crippen LogP contribution >= 0.6 is 11.6 Å². The molecule has 0 aliphatic rings. The molecular formula is C21H17ClF3N7O5S2. The number of carbonyl (C=O) groups excluding carboxylic acids is 1. The van der Waals surface area contributed by atoms with Gasteiger partial charge in [-0.2, -0.15) is 13.2 Å². The molecule has 2 heterocycles. The number of halogens is 4. The molecule has 0 fully saturated rings. The molecule has 2 amide bonds. The highest BCUT2D eigenvalue weighted by Gasteiger charge is 2.34. The van der Waals surface area contributed by atoms with Gasteiger partial charge in [-0.25, -0.2) is 36.6 Å². The van der Waals surface area contributed by atoms with E-state index in [0.29, 0.717) is 24.3 Å². The van der Waals surface area contributed by atoms with Crippen LogP contribution in [0.4, 0.5) is 35.2 Å². The van der Waals surface area contributed by atoms with Gasteiger partial charge in [0.2, 0.25) is 20.0 Å². The molecule has 12 nitrogen and oxygen atoms in total. The fourth-order valence-corrected chi connectivity index (χ4v) is 6.61. The Morgan fingerprint density at radius 2 is 1.51 bits per heavy atom. The molecule has 0 aliphatic carbocycles. The molecule has 0 aliphatic heterocycles. The van der Waals surface area contributed by atoms with Crippen molar-refractivity contribution in [2.75, 3.05) is 26.9 Å². The molecule has 4 rings (SSSR count). The van der Waals surface area contributed by atoms with E-state index >= 15 is 0 Å². The molecule has 0 unspecified atom stereocenters. The van der Waals surface area contributed by atoms with Gasteiger partial charge in [-0.05, 0) is 42.5 Å². The number of sulfonamides is 2.